The standard InChI is InChI=1S/C14H21NO2S/c1-11-4-6-13(7-5-11)9-18-10-14(17)15(3)12(2)8-16/h4-7,12,16H,8-10H2,1-3H3. The monoisotopic (exact) mass is 267 g/mol. The number of hydrogen-bond acceptors (Lipinski definition) is 3. The van der Waals surface area contributed by atoms with Gasteiger partial charge in [-0.05, 0) is 19.4 Å². The maximum Gasteiger partial charge on any atom is 0.232 e. The normalized spacial score (nSPS) is 12.2. The van der Waals surface area contributed by atoms with Gasteiger partial charge in [-0.15, -0.1) is 11.8 Å². The van der Waals surface area contributed by atoms with Gasteiger partial charge < -0.3 is 10.0 Å². The van der Waals surface area contributed by atoms with Crippen molar-refractivity contribution in [1.29, 1.82) is 0 Å². The Balaban J connectivity index is 2.33. The second kappa shape index (κ2) is 7.44. The van der Waals surface area contributed by atoms with E-state index in [0.717, 1.165) is 5.75 Å². The molecule has 1 aromatic rings. The van der Waals surface area contributed by atoms with Crippen LogP contribution < -0.4 is 0 Å². The van der Waals surface area contributed by atoms with Crippen LogP contribution in [0.4, 0.5) is 0 Å². The van der Waals surface area contributed by atoms with Gasteiger partial charge in [-0.3, -0.25) is 4.79 Å². The number of benzene rings is 1. The van der Waals surface area contributed by atoms with E-state index < -0.39 is 0 Å². The molecule has 4 heteroatoms. The molecule has 1 atom stereocenters. The molecule has 1 amide bonds. The molecule has 0 saturated heterocycles. The van der Waals surface area contributed by atoms with Crippen molar-refractivity contribution in [2.45, 2.75) is 25.6 Å². The fourth-order valence-corrected chi connectivity index (χ4v) is 2.32. The number of thioether (sulfide) groups is 1. The summed E-state index contributed by atoms with van der Waals surface area (Å²) in [6.07, 6.45) is 0. The Labute approximate surface area is 113 Å². The van der Waals surface area contributed by atoms with Crippen molar-refractivity contribution in [2.75, 3.05) is 19.4 Å². The maximum atomic E-state index is 11.8. The third-order valence-electron chi connectivity index (χ3n) is 2.93. The van der Waals surface area contributed by atoms with Gasteiger partial charge in [0.15, 0.2) is 0 Å². The predicted molar refractivity (Wildman–Crippen MR) is 76.7 cm³/mol. The Kier molecular flexibility index (Phi) is 6.22. The first-order chi connectivity index (χ1) is 8.54. The summed E-state index contributed by atoms with van der Waals surface area (Å²) in [5.74, 6) is 1.36. The molecule has 0 aromatic heterocycles. The predicted octanol–water partition coefficient (Wildman–Crippen LogP) is 2.07. The molecule has 18 heavy (non-hydrogen) atoms. The van der Waals surface area contributed by atoms with Crippen molar-refractivity contribution in [3.8, 4) is 0 Å². The van der Waals surface area contributed by atoms with E-state index in [1.165, 1.54) is 11.1 Å². The summed E-state index contributed by atoms with van der Waals surface area (Å²) in [6.45, 7) is 3.90. The van der Waals surface area contributed by atoms with E-state index in [1.54, 1.807) is 23.7 Å². The molecule has 0 aliphatic heterocycles. The van der Waals surface area contributed by atoms with Crippen LogP contribution >= 0.6 is 11.8 Å². The molecule has 1 N–H and O–H groups in total. The number of aryl methyl sites for hydroxylation is 1. The number of hydrogen-bond donors (Lipinski definition) is 1. The number of rotatable bonds is 6. The van der Waals surface area contributed by atoms with E-state index >= 15 is 0 Å². The molecule has 0 aliphatic rings. The van der Waals surface area contributed by atoms with E-state index in [2.05, 4.69) is 31.2 Å². The van der Waals surface area contributed by atoms with Crippen LogP contribution in [0.5, 0.6) is 0 Å². The highest BCUT2D eigenvalue weighted by atomic mass is 32.2. The summed E-state index contributed by atoms with van der Waals surface area (Å²) in [5, 5.41) is 8.98. The van der Waals surface area contributed by atoms with E-state index in [-0.39, 0.29) is 18.6 Å². The number of carbonyl (C=O) groups excluding carboxylic acids is 1. The quantitative estimate of drug-likeness (QED) is 0.858. The van der Waals surface area contributed by atoms with Gasteiger partial charge in [-0.1, -0.05) is 29.8 Å². The van der Waals surface area contributed by atoms with Crippen LogP contribution in [0.25, 0.3) is 0 Å². The van der Waals surface area contributed by atoms with Crippen LogP contribution in [-0.2, 0) is 10.5 Å². The highest BCUT2D eigenvalue weighted by Gasteiger charge is 2.14. The second-order valence-electron chi connectivity index (χ2n) is 4.51. The van der Waals surface area contributed by atoms with Gasteiger partial charge >= 0.3 is 0 Å². The zero-order valence-corrected chi connectivity index (χ0v) is 12.0. The van der Waals surface area contributed by atoms with Gasteiger partial charge in [0.1, 0.15) is 0 Å². The third-order valence-corrected chi connectivity index (χ3v) is 3.92. The molecule has 1 unspecified atom stereocenters. The minimum absolute atomic E-state index is 0.00483. The zero-order chi connectivity index (χ0) is 13.5. The molecule has 100 valence electrons. The third kappa shape index (κ3) is 4.70. The molecule has 0 radical (unpaired) electrons. The topological polar surface area (TPSA) is 40.5 Å². The van der Waals surface area contributed by atoms with Crippen molar-refractivity contribution in [3.05, 3.63) is 35.4 Å². The number of amides is 1. The van der Waals surface area contributed by atoms with Gasteiger partial charge in [0.2, 0.25) is 5.91 Å². The van der Waals surface area contributed by atoms with Crippen LogP contribution in [0, 0.1) is 6.92 Å². The van der Waals surface area contributed by atoms with Crippen LogP contribution in [0.3, 0.4) is 0 Å². The minimum Gasteiger partial charge on any atom is -0.394 e. The van der Waals surface area contributed by atoms with E-state index in [4.69, 9.17) is 5.11 Å². The van der Waals surface area contributed by atoms with Crippen LogP contribution in [0.2, 0.25) is 0 Å². The molecule has 0 saturated carbocycles. The fraction of sp³-hybridized carbons (Fsp3) is 0.500. The molecule has 0 fully saturated rings. The van der Waals surface area contributed by atoms with Crippen molar-refractivity contribution < 1.29 is 9.90 Å². The summed E-state index contributed by atoms with van der Waals surface area (Å²) in [5.41, 5.74) is 2.48. The Morgan fingerprint density at radius 3 is 2.56 bits per heavy atom. The molecule has 1 aromatic carbocycles. The van der Waals surface area contributed by atoms with E-state index in [9.17, 15) is 4.79 Å². The first kappa shape index (κ1) is 15.1. The highest BCUT2D eigenvalue weighted by Crippen LogP contribution is 2.13. The number of nitrogens with zero attached hydrogens (tertiary/aromatic N) is 1. The summed E-state index contributed by atoms with van der Waals surface area (Å²) in [6, 6.07) is 8.23. The molecule has 0 bridgehead atoms. The van der Waals surface area contributed by atoms with Gasteiger partial charge in [0.25, 0.3) is 0 Å². The van der Waals surface area contributed by atoms with Gasteiger partial charge in [0.05, 0.1) is 18.4 Å². The first-order valence-corrected chi connectivity index (χ1v) is 7.20. The zero-order valence-electron chi connectivity index (χ0n) is 11.2. The minimum atomic E-state index is -0.113. The molecule has 1 rings (SSSR count). The second-order valence-corrected chi connectivity index (χ2v) is 5.50. The lowest BCUT2D eigenvalue weighted by Crippen LogP contribution is -2.38. The van der Waals surface area contributed by atoms with Crippen LogP contribution in [0.1, 0.15) is 18.1 Å². The SMILES string of the molecule is Cc1ccc(CSCC(=O)N(C)C(C)CO)cc1. The molecule has 0 aliphatic carbocycles. The Morgan fingerprint density at radius 2 is 2.00 bits per heavy atom. The molecular formula is C14H21NO2S. The van der Waals surface area contributed by atoms with Crippen molar-refractivity contribution >= 4 is 17.7 Å². The summed E-state index contributed by atoms with van der Waals surface area (Å²) < 4.78 is 0. The number of aliphatic hydroxyl groups is 1. The Hall–Kier alpha value is -1.00. The summed E-state index contributed by atoms with van der Waals surface area (Å²) >= 11 is 1.60. The fourth-order valence-electron chi connectivity index (χ4n) is 1.41. The average molecular weight is 267 g/mol. The highest BCUT2D eigenvalue weighted by molar-refractivity contribution is 7.99. The smallest absolute Gasteiger partial charge is 0.232 e. The van der Waals surface area contributed by atoms with Gasteiger partial charge in [-0.25, -0.2) is 0 Å². The number of aliphatic hydroxyl groups excluding tert-OH is 1. The summed E-state index contributed by atoms with van der Waals surface area (Å²) in [7, 11) is 1.73. The lowest BCUT2D eigenvalue weighted by Gasteiger charge is -2.22. The van der Waals surface area contributed by atoms with E-state index in [0.29, 0.717) is 5.75 Å². The number of likely N-dealkylation sites (N-methyl/N-ethyl adjacent to an activating group) is 1. The van der Waals surface area contributed by atoms with Crippen molar-refractivity contribution in [2.24, 2.45) is 0 Å². The molecule has 0 heterocycles. The number of carbonyl (C=O) groups is 1. The molecular weight excluding hydrogens is 246 g/mol. The van der Waals surface area contributed by atoms with Crippen LogP contribution in [0.15, 0.2) is 24.3 Å². The first-order valence-electron chi connectivity index (χ1n) is 6.04. The molecule has 3 nitrogen and oxygen atoms in total. The average Bonchev–Trinajstić information content (AvgIpc) is 2.39. The largest absolute Gasteiger partial charge is 0.394 e. The summed E-state index contributed by atoms with van der Waals surface area (Å²) in [4.78, 5) is 13.4. The lowest BCUT2D eigenvalue weighted by atomic mass is 10.2. The lowest BCUT2D eigenvalue weighted by molar-refractivity contribution is -0.129. The van der Waals surface area contributed by atoms with Crippen molar-refractivity contribution in [1.82, 2.24) is 4.90 Å². The van der Waals surface area contributed by atoms with Gasteiger partial charge in [-0.2, -0.15) is 0 Å². The maximum absolute atomic E-state index is 11.8. The van der Waals surface area contributed by atoms with Gasteiger partial charge in [0, 0.05) is 12.8 Å². The van der Waals surface area contributed by atoms with E-state index in [1.807, 2.05) is 6.92 Å². The molecule has 0 spiro atoms. The van der Waals surface area contributed by atoms with Crippen molar-refractivity contribution in [3.63, 3.8) is 0 Å². The Bertz CT molecular complexity index is 378. The Morgan fingerprint density at radius 1 is 1.39 bits per heavy atom. The van der Waals surface area contributed by atoms with Crippen LogP contribution in [-0.4, -0.2) is 41.4 Å².